The molecule has 0 aliphatic carbocycles. The van der Waals surface area contributed by atoms with Gasteiger partial charge < -0.3 is 29.9 Å². The average molecular weight is 1030 g/mol. The minimum absolute atomic E-state index is 0.00688. The van der Waals surface area contributed by atoms with Crippen LogP contribution >= 0.6 is 11.6 Å². The van der Waals surface area contributed by atoms with Crippen LogP contribution in [-0.2, 0) is 23.3 Å². The Morgan fingerprint density at radius 2 is 1.01 bits per heavy atom. The summed E-state index contributed by atoms with van der Waals surface area (Å²) in [6.45, 7) is 0. The summed E-state index contributed by atoms with van der Waals surface area (Å²) >= 11 is 5.88. The number of hydrogen-bond acceptors (Lipinski definition) is 8. The van der Waals surface area contributed by atoms with Crippen molar-refractivity contribution in [1.82, 2.24) is 0 Å². The van der Waals surface area contributed by atoms with Gasteiger partial charge in [0, 0.05) is 22.8 Å². The number of nitriles is 1. The largest absolute Gasteiger partial charge is 0.478 e. The van der Waals surface area contributed by atoms with Gasteiger partial charge in [-0.3, -0.25) is 4.79 Å². The maximum absolute atomic E-state index is 13.0. The minimum Gasteiger partial charge on any atom is -0.478 e. The molecule has 13 nitrogen and oxygen atoms in total. The lowest BCUT2D eigenvalue weighted by Gasteiger charge is -2.14. The molecule has 5 aromatic carbocycles. The van der Waals surface area contributed by atoms with E-state index in [9.17, 15) is 77.1 Å². The molecule has 25 heteroatoms. The number of aromatic carboxylic acids is 4. The Morgan fingerprint density at radius 1 is 0.535 bits per heavy atom. The number of hydrogen-bond donors (Lipinski definition) is 5. The number of carboxylic acid groups (broad SMARTS) is 5. The van der Waals surface area contributed by atoms with Crippen LogP contribution in [0.2, 0.25) is 5.02 Å². The summed E-state index contributed by atoms with van der Waals surface area (Å²) in [5.74, 6) is -9.86. The molecule has 0 unspecified atom stereocenters. The van der Waals surface area contributed by atoms with E-state index >= 15 is 0 Å². The second-order valence-electron chi connectivity index (χ2n) is 13.4. The summed E-state index contributed by atoms with van der Waals surface area (Å²) in [4.78, 5) is 65.1. The molecule has 0 saturated heterocycles. The fourth-order valence-corrected chi connectivity index (χ4v) is 5.52. The van der Waals surface area contributed by atoms with Crippen LogP contribution in [0, 0.1) is 23.0 Å². The maximum atomic E-state index is 13.0. The first-order valence-electron chi connectivity index (χ1n) is 18.6. The highest BCUT2D eigenvalue weighted by Gasteiger charge is 2.38. The predicted molar refractivity (Wildman–Crippen MR) is 222 cm³/mol. The second kappa shape index (κ2) is 23.4. The predicted octanol–water partition coefficient (Wildman–Crippen LogP) is 12.0. The van der Waals surface area contributed by atoms with Crippen LogP contribution in [0.15, 0.2) is 125 Å². The number of carbonyl (C=O) groups excluding carboxylic acids is 1. The number of aliphatic carboxylic acids is 1. The van der Waals surface area contributed by atoms with E-state index in [1.54, 1.807) is 0 Å². The fraction of sp³-hybridized carbons (Fsp3) is 0.0652. The lowest BCUT2D eigenvalue weighted by atomic mass is 9.95. The van der Waals surface area contributed by atoms with Gasteiger partial charge in [-0.05, 0) is 91.0 Å². The number of nitrogens with zero attached hydrogens (tertiary/aromatic N) is 1. The third-order valence-electron chi connectivity index (χ3n) is 8.63. The molecule has 6 aromatic rings. The number of furan rings is 1. The van der Waals surface area contributed by atoms with E-state index < -0.39 is 116 Å². The number of benzene rings is 5. The first kappa shape index (κ1) is 56.5. The van der Waals surface area contributed by atoms with Gasteiger partial charge >= 0.3 is 48.4 Å². The number of halogens is 12. The van der Waals surface area contributed by atoms with Gasteiger partial charge in [-0.15, -0.1) is 0 Å². The third kappa shape index (κ3) is 15.9. The number of carbonyl (C=O) groups is 6. The van der Waals surface area contributed by atoms with Crippen LogP contribution < -0.4 is 0 Å². The van der Waals surface area contributed by atoms with Crippen molar-refractivity contribution in [3.05, 3.63) is 193 Å². The van der Waals surface area contributed by atoms with E-state index in [0.717, 1.165) is 60.7 Å². The molecule has 0 saturated carbocycles. The number of rotatable bonds is 9. The topological polar surface area (TPSA) is 240 Å². The molecule has 6 rings (SSSR count). The second-order valence-corrected chi connectivity index (χ2v) is 13.8. The molecule has 0 aliphatic rings. The number of alkyl halides is 9. The van der Waals surface area contributed by atoms with Crippen LogP contribution in [0.5, 0.6) is 0 Å². The Bertz CT molecular complexity index is 3000. The number of carboxylic acids is 5. The van der Waals surface area contributed by atoms with E-state index in [1.807, 2.05) is 0 Å². The van der Waals surface area contributed by atoms with Gasteiger partial charge in [0.1, 0.15) is 29.0 Å². The smallest absolute Gasteiger partial charge is 0.416 e. The third-order valence-corrected chi connectivity index (χ3v) is 8.96. The average Bonchev–Trinajstić information content (AvgIpc) is 3.76. The van der Waals surface area contributed by atoms with Gasteiger partial charge in [0.25, 0.3) is 0 Å². The minimum atomic E-state index is -5.11. The first-order chi connectivity index (χ1) is 32.9. The van der Waals surface area contributed by atoms with Gasteiger partial charge in [-0.1, -0.05) is 35.9 Å². The molecule has 0 aliphatic heterocycles. The molecular weight excluding hydrogens is 1000 g/mol. The van der Waals surface area contributed by atoms with Crippen LogP contribution in [0.25, 0.3) is 17.4 Å². The van der Waals surface area contributed by atoms with Gasteiger partial charge in [-0.2, -0.15) is 44.8 Å². The van der Waals surface area contributed by atoms with E-state index in [0.29, 0.717) is 0 Å². The molecule has 0 atom stereocenters. The molecule has 1 heterocycles. The van der Waals surface area contributed by atoms with Crippen molar-refractivity contribution in [2.75, 3.05) is 0 Å². The van der Waals surface area contributed by atoms with Crippen molar-refractivity contribution in [3.8, 4) is 17.4 Å². The fourth-order valence-electron chi connectivity index (χ4n) is 5.31. The summed E-state index contributed by atoms with van der Waals surface area (Å²) in [6.07, 6.45) is -13.8. The summed E-state index contributed by atoms with van der Waals surface area (Å²) in [6, 6.07) is 19.7. The molecule has 0 radical (unpaired) electrons. The Kier molecular flexibility index (Phi) is 18.6. The highest BCUT2D eigenvalue weighted by atomic mass is 35.5. The van der Waals surface area contributed by atoms with Gasteiger partial charge in [0.15, 0.2) is 11.6 Å². The summed E-state index contributed by atoms with van der Waals surface area (Å²) in [7, 11) is 0. The van der Waals surface area contributed by atoms with E-state index in [1.165, 1.54) is 48.5 Å². The van der Waals surface area contributed by atoms with Crippen molar-refractivity contribution in [2.24, 2.45) is 0 Å². The zero-order valence-corrected chi connectivity index (χ0v) is 35.4. The van der Waals surface area contributed by atoms with Crippen LogP contribution in [0.4, 0.5) is 48.3 Å². The Hall–Kier alpha value is -8.85. The quantitative estimate of drug-likeness (QED) is 0.0392. The lowest BCUT2D eigenvalue weighted by Crippen LogP contribution is -2.15. The standard InChI is InChI=1S/C16H8F6O3.C15H7ClF3NO3.C8H5FO4.C7H5FO2/c17-15(18,19)9-5-8(6-10(7-9)16(20,21)22)13(23)11-3-1-2-4-12(11)14(24)25;16-12-3-1-9(15(17,18)19)6-11(12)13-4-2-10(23-13)5-8(7-20)14(21)22;9-6-4(7(10)11)2-1-3-5(6)8(12)13;8-6-3-1-5(2-4-6)7(9)10/h1-7H,(H,24,25);1-6H,(H,21,22);1-3H,(H,10,11)(H,12,13);1-4H,(H,9,10). The van der Waals surface area contributed by atoms with Crippen molar-refractivity contribution < 1.29 is 107 Å². The van der Waals surface area contributed by atoms with Crippen molar-refractivity contribution in [2.45, 2.75) is 18.5 Å². The zero-order chi connectivity index (χ0) is 53.8. The summed E-state index contributed by atoms with van der Waals surface area (Å²) < 4.78 is 146. The Labute approximate surface area is 394 Å². The molecule has 5 N–H and O–H groups in total. The molecule has 0 bridgehead atoms. The van der Waals surface area contributed by atoms with E-state index in [-0.39, 0.29) is 45.9 Å². The van der Waals surface area contributed by atoms with Crippen molar-refractivity contribution in [1.29, 1.82) is 5.26 Å². The van der Waals surface area contributed by atoms with Gasteiger partial charge in [-0.25, -0.2) is 32.8 Å². The van der Waals surface area contributed by atoms with E-state index in [2.05, 4.69) is 0 Å². The monoisotopic (exact) mass is 1030 g/mol. The van der Waals surface area contributed by atoms with Crippen molar-refractivity contribution >= 4 is 53.3 Å². The normalized spacial score (nSPS) is 11.2. The molecule has 0 amide bonds. The highest BCUT2D eigenvalue weighted by molar-refractivity contribution is 6.33. The maximum Gasteiger partial charge on any atom is 0.416 e. The Morgan fingerprint density at radius 3 is 1.45 bits per heavy atom. The highest BCUT2D eigenvalue weighted by Crippen LogP contribution is 2.38. The van der Waals surface area contributed by atoms with Crippen LogP contribution in [0.1, 0.15) is 79.8 Å². The summed E-state index contributed by atoms with van der Waals surface area (Å²) in [5, 5.41) is 51.7. The number of ketones is 1. The molecule has 1 aromatic heterocycles. The molecule has 370 valence electrons. The van der Waals surface area contributed by atoms with Crippen molar-refractivity contribution in [3.63, 3.8) is 0 Å². The molecule has 71 heavy (non-hydrogen) atoms. The zero-order valence-electron chi connectivity index (χ0n) is 34.6. The van der Waals surface area contributed by atoms with Gasteiger partial charge in [0.05, 0.1) is 44.0 Å². The lowest BCUT2D eigenvalue weighted by molar-refractivity contribution is -0.143. The van der Waals surface area contributed by atoms with E-state index in [4.69, 9.17) is 46.8 Å². The summed E-state index contributed by atoms with van der Waals surface area (Å²) in [5.41, 5.74) is -7.89. The van der Waals surface area contributed by atoms with Gasteiger partial charge in [0.2, 0.25) is 0 Å². The molecular formula is C46H25ClF11NO12. The molecule has 0 fully saturated rings. The first-order valence-corrected chi connectivity index (χ1v) is 19.0. The molecule has 0 spiro atoms. The van der Waals surface area contributed by atoms with Crippen LogP contribution in [-0.4, -0.2) is 61.2 Å². The SMILES string of the molecule is N#CC(=Cc1ccc(-c2cc(C(F)(F)F)ccc2Cl)o1)C(=O)O.O=C(O)c1ccc(F)cc1.O=C(O)c1cccc(C(=O)O)c1F.O=C(O)c1ccccc1C(=O)c1cc(C(F)(F)F)cc(C(F)(F)F)c1. The van der Waals surface area contributed by atoms with Crippen LogP contribution in [0.3, 0.4) is 0 Å². The Balaban J connectivity index is 0.000000265.